The summed E-state index contributed by atoms with van der Waals surface area (Å²) in [6.45, 7) is 6.97. The van der Waals surface area contributed by atoms with Gasteiger partial charge >= 0.3 is 0 Å². The fourth-order valence-electron chi connectivity index (χ4n) is 2.34. The Morgan fingerprint density at radius 3 is 2.75 bits per heavy atom. The first-order valence-electron chi connectivity index (χ1n) is 5.75. The van der Waals surface area contributed by atoms with Crippen molar-refractivity contribution in [1.82, 2.24) is 0 Å². The molecule has 1 aromatic rings. The molecule has 1 saturated heterocycles. The van der Waals surface area contributed by atoms with E-state index in [-0.39, 0.29) is 5.82 Å². The molecule has 2 rings (SSSR count). The highest BCUT2D eigenvalue weighted by atomic mass is 19.1. The second-order valence-corrected chi connectivity index (χ2v) is 5.31. The van der Waals surface area contributed by atoms with Crippen LogP contribution in [0.4, 0.5) is 10.1 Å². The number of benzene rings is 1. The summed E-state index contributed by atoms with van der Waals surface area (Å²) in [4.78, 5) is 2.31. The normalized spacial score (nSPS) is 19.1. The molecule has 88 valence electrons. The molecule has 16 heavy (non-hydrogen) atoms. The Hall–Kier alpha value is -1.09. The molecule has 0 amide bonds. The molecule has 1 fully saturated rings. The van der Waals surface area contributed by atoms with Crippen molar-refractivity contribution in [1.29, 1.82) is 0 Å². The Labute approximate surface area is 96.2 Å². The summed E-state index contributed by atoms with van der Waals surface area (Å²) in [5, 5.41) is 0. The fourth-order valence-corrected chi connectivity index (χ4v) is 2.34. The summed E-state index contributed by atoms with van der Waals surface area (Å²) in [6.07, 6.45) is 1.17. The number of nitrogens with two attached hydrogens (primary N) is 1. The zero-order valence-corrected chi connectivity index (χ0v) is 9.96. The van der Waals surface area contributed by atoms with Crippen molar-refractivity contribution >= 4 is 5.69 Å². The van der Waals surface area contributed by atoms with E-state index in [0.29, 0.717) is 12.0 Å². The molecule has 0 atom stereocenters. The summed E-state index contributed by atoms with van der Waals surface area (Å²) in [6, 6.07) is 4.90. The molecule has 0 aliphatic carbocycles. The van der Waals surface area contributed by atoms with E-state index in [1.165, 1.54) is 12.5 Å². The van der Waals surface area contributed by atoms with Crippen molar-refractivity contribution in [2.45, 2.75) is 26.8 Å². The summed E-state index contributed by atoms with van der Waals surface area (Å²) < 4.78 is 13.1. The Bertz CT molecular complexity index is 388. The summed E-state index contributed by atoms with van der Waals surface area (Å²) in [7, 11) is 0. The molecule has 0 unspecified atom stereocenters. The van der Waals surface area contributed by atoms with Crippen LogP contribution >= 0.6 is 0 Å². The number of hydrogen-bond acceptors (Lipinski definition) is 2. The Morgan fingerprint density at radius 1 is 1.44 bits per heavy atom. The van der Waals surface area contributed by atoms with E-state index in [4.69, 9.17) is 5.73 Å². The maximum atomic E-state index is 13.1. The Balaban J connectivity index is 2.27. The lowest BCUT2D eigenvalue weighted by atomic mass is 9.93. The molecular weight excluding hydrogens is 203 g/mol. The van der Waals surface area contributed by atoms with Crippen LogP contribution in [-0.2, 0) is 6.54 Å². The lowest BCUT2D eigenvalue weighted by Crippen LogP contribution is -2.24. The molecule has 0 spiro atoms. The number of nitrogens with zero attached hydrogens (tertiary/aromatic N) is 1. The van der Waals surface area contributed by atoms with Crippen LogP contribution in [0.1, 0.15) is 25.8 Å². The largest absolute Gasteiger partial charge is 0.371 e. The van der Waals surface area contributed by atoms with Crippen LogP contribution in [0.3, 0.4) is 0 Å². The first kappa shape index (κ1) is 11.4. The molecule has 0 saturated carbocycles. The van der Waals surface area contributed by atoms with Gasteiger partial charge in [0.2, 0.25) is 0 Å². The first-order valence-corrected chi connectivity index (χ1v) is 5.75. The highest BCUT2D eigenvalue weighted by molar-refractivity contribution is 5.54. The molecule has 1 aliphatic rings. The zero-order valence-electron chi connectivity index (χ0n) is 9.96. The SMILES string of the molecule is CC1(C)CCN(c2ccc(F)cc2CN)C1. The number of anilines is 1. The highest BCUT2D eigenvalue weighted by Crippen LogP contribution is 2.34. The van der Waals surface area contributed by atoms with E-state index in [1.54, 1.807) is 6.07 Å². The third kappa shape index (κ3) is 2.19. The van der Waals surface area contributed by atoms with Gasteiger partial charge in [-0.05, 0) is 35.6 Å². The van der Waals surface area contributed by atoms with Gasteiger partial charge in [0.1, 0.15) is 5.82 Å². The minimum absolute atomic E-state index is 0.206. The molecule has 2 N–H and O–H groups in total. The van der Waals surface area contributed by atoms with Gasteiger partial charge in [0.15, 0.2) is 0 Å². The molecule has 0 bridgehead atoms. The highest BCUT2D eigenvalue weighted by Gasteiger charge is 2.30. The minimum atomic E-state index is -0.206. The van der Waals surface area contributed by atoms with Gasteiger partial charge < -0.3 is 10.6 Å². The van der Waals surface area contributed by atoms with Crippen molar-refractivity contribution in [2.75, 3.05) is 18.0 Å². The van der Waals surface area contributed by atoms with Crippen molar-refractivity contribution < 1.29 is 4.39 Å². The molecule has 1 aliphatic heterocycles. The number of halogens is 1. The van der Waals surface area contributed by atoms with Gasteiger partial charge in [0, 0.05) is 25.3 Å². The van der Waals surface area contributed by atoms with Crippen LogP contribution in [0.2, 0.25) is 0 Å². The molecule has 1 heterocycles. The topological polar surface area (TPSA) is 29.3 Å². The molecular formula is C13H19FN2. The monoisotopic (exact) mass is 222 g/mol. The summed E-state index contributed by atoms with van der Waals surface area (Å²) in [5.74, 6) is -0.206. The smallest absolute Gasteiger partial charge is 0.123 e. The van der Waals surface area contributed by atoms with Crippen LogP contribution in [-0.4, -0.2) is 13.1 Å². The summed E-state index contributed by atoms with van der Waals surface area (Å²) in [5.41, 5.74) is 8.00. The summed E-state index contributed by atoms with van der Waals surface area (Å²) >= 11 is 0. The predicted octanol–water partition coefficient (Wildman–Crippen LogP) is 2.52. The predicted molar refractivity (Wildman–Crippen MR) is 64.9 cm³/mol. The van der Waals surface area contributed by atoms with Gasteiger partial charge in [-0.25, -0.2) is 4.39 Å². The van der Waals surface area contributed by atoms with E-state index in [0.717, 1.165) is 24.3 Å². The van der Waals surface area contributed by atoms with Gasteiger partial charge in [0.05, 0.1) is 0 Å². The lowest BCUT2D eigenvalue weighted by Gasteiger charge is -2.23. The quantitative estimate of drug-likeness (QED) is 0.833. The van der Waals surface area contributed by atoms with Crippen molar-refractivity contribution in [3.05, 3.63) is 29.6 Å². The van der Waals surface area contributed by atoms with Gasteiger partial charge in [-0.2, -0.15) is 0 Å². The van der Waals surface area contributed by atoms with Crippen LogP contribution in [0, 0.1) is 11.2 Å². The Morgan fingerprint density at radius 2 is 2.19 bits per heavy atom. The average molecular weight is 222 g/mol. The van der Waals surface area contributed by atoms with E-state index >= 15 is 0 Å². The molecule has 0 radical (unpaired) electrons. The van der Waals surface area contributed by atoms with Crippen molar-refractivity contribution in [2.24, 2.45) is 11.1 Å². The second kappa shape index (κ2) is 4.06. The van der Waals surface area contributed by atoms with E-state index < -0.39 is 0 Å². The zero-order chi connectivity index (χ0) is 11.8. The number of hydrogen-bond donors (Lipinski definition) is 1. The fraction of sp³-hybridized carbons (Fsp3) is 0.538. The molecule has 1 aromatic carbocycles. The lowest BCUT2D eigenvalue weighted by molar-refractivity contribution is 0.418. The van der Waals surface area contributed by atoms with E-state index in [1.807, 2.05) is 6.07 Å². The van der Waals surface area contributed by atoms with E-state index in [2.05, 4.69) is 18.7 Å². The Kier molecular flexibility index (Phi) is 2.89. The molecule has 2 nitrogen and oxygen atoms in total. The van der Waals surface area contributed by atoms with Crippen molar-refractivity contribution in [3.63, 3.8) is 0 Å². The van der Waals surface area contributed by atoms with Crippen LogP contribution in [0.25, 0.3) is 0 Å². The molecule has 3 heteroatoms. The second-order valence-electron chi connectivity index (χ2n) is 5.31. The van der Waals surface area contributed by atoms with Crippen molar-refractivity contribution in [3.8, 4) is 0 Å². The van der Waals surface area contributed by atoms with Crippen LogP contribution in [0.15, 0.2) is 18.2 Å². The standard InChI is InChI=1S/C13H19FN2/c1-13(2)5-6-16(9-13)12-4-3-11(14)7-10(12)8-15/h3-4,7H,5-6,8-9,15H2,1-2H3. The van der Waals surface area contributed by atoms with Gasteiger partial charge in [0.25, 0.3) is 0 Å². The molecule has 0 aromatic heterocycles. The maximum absolute atomic E-state index is 13.1. The third-order valence-corrected chi connectivity index (χ3v) is 3.28. The van der Waals surface area contributed by atoms with E-state index in [9.17, 15) is 4.39 Å². The van der Waals surface area contributed by atoms with Crippen LogP contribution < -0.4 is 10.6 Å². The van der Waals surface area contributed by atoms with Gasteiger partial charge in [-0.15, -0.1) is 0 Å². The van der Waals surface area contributed by atoms with Crippen LogP contribution in [0.5, 0.6) is 0 Å². The maximum Gasteiger partial charge on any atom is 0.123 e. The minimum Gasteiger partial charge on any atom is -0.371 e. The van der Waals surface area contributed by atoms with Gasteiger partial charge in [-0.3, -0.25) is 0 Å². The average Bonchev–Trinajstić information content (AvgIpc) is 2.58. The third-order valence-electron chi connectivity index (χ3n) is 3.28. The van der Waals surface area contributed by atoms with Gasteiger partial charge in [-0.1, -0.05) is 13.8 Å². The first-order chi connectivity index (χ1) is 7.52. The number of rotatable bonds is 2.